The third-order valence-electron chi connectivity index (χ3n) is 5.12. The first-order chi connectivity index (χ1) is 13.0. The second kappa shape index (κ2) is 6.90. The van der Waals surface area contributed by atoms with E-state index >= 15 is 0 Å². The Hall–Kier alpha value is -3.09. The van der Waals surface area contributed by atoms with Gasteiger partial charge in [0.05, 0.1) is 11.0 Å². The molecule has 27 heavy (non-hydrogen) atoms. The summed E-state index contributed by atoms with van der Waals surface area (Å²) < 4.78 is 11.2. The average Bonchev–Trinajstić information content (AvgIpc) is 3.17. The number of nitro groups is 1. The molecule has 0 N–H and O–H groups in total. The number of aryl methyl sites for hydroxylation is 1. The van der Waals surface area contributed by atoms with Gasteiger partial charge >= 0.3 is 0 Å². The standard InChI is InChI=1S/C20H20N2O5/c1-13-4-5-15(11-17(13)22(24)25)20(23)21-8-2-3-16(21)14-6-7-18-19(12-14)27-10-9-26-18/h4-7,11-12,16H,2-3,8-10H2,1H3. The van der Waals surface area contributed by atoms with E-state index in [1.54, 1.807) is 24.0 Å². The third kappa shape index (κ3) is 3.20. The van der Waals surface area contributed by atoms with Crippen LogP contribution >= 0.6 is 0 Å². The topological polar surface area (TPSA) is 81.9 Å². The van der Waals surface area contributed by atoms with Gasteiger partial charge in [-0.3, -0.25) is 14.9 Å². The predicted octanol–water partition coefficient (Wildman–Crippen LogP) is 3.65. The van der Waals surface area contributed by atoms with Gasteiger partial charge in [0.15, 0.2) is 11.5 Å². The molecule has 0 radical (unpaired) electrons. The molecule has 0 aliphatic carbocycles. The lowest BCUT2D eigenvalue weighted by Crippen LogP contribution is -2.30. The van der Waals surface area contributed by atoms with Gasteiger partial charge in [-0.25, -0.2) is 0 Å². The minimum atomic E-state index is -0.450. The molecule has 1 amide bonds. The van der Waals surface area contributed by atoms with Crippen molar-refractivity contribution in [2.45, 2.75) is 25.8 Å². The van der Waals surface area contributed by atoms with Crippen LogP contribution in [0.1, 0.15) is 40.4 Å². The first-order valence-corrected chi connectivity index (χ1v) is 9.00. The van der Waals surface area contributed by atoms with Crippen LogP contribution in [0.3, 0.4) is 0 Å². The number of amides is 1. The molecule has 1 fully saturated rings. The van der Waals surface area contributed by atoms with Gasteiger partial charge in [-0.2, -0.15) is 0 Å². The lowest BCUT2D eigenvalue weighted by atomic mass is 10.0. The maximum atomic E-state index is 13.1. The SMILES string of the molecule is Cc1ccc(C(=O)N2CCCC2c2ccc3c(c2)OCCO3)cc1[N+](=O)[O-]. The number of likely N-dealkylation sites (tertiary alicyclic amines) is 1. The number of benzene rings is 2. The van der Waals surface area contributed by atoms with Gasteiger partial charge in [-0.15, -0.1) is 0 Å². The average molecular weight is 368 g/mol. The van der Waals surface area contributed by atoms with E-state index in [0.717, 1.165) is 24.2 Å². The number of nitrogens with zero attached hydrogens (tertiary/aromatic N) is 2. The second-order valence-corrected chi connectivity index (χ2v) is 6.82. The summed E-state index contributed by atoms with van der Waals surface area (Å²) in [7, 11) is 0. The normalized spacial score (nSPS) is 18.4. The number of ether oxygens (including phenoxy) is 2. The van der Waals surface area contributed by atoms with Crippen molar-refractivity contribution in [1.82, 2.24) is 4.90 Å². The minimum Gasteiger partial charge on any atom is -0.486 e. The molecule has 7 heteroatoms. The van der Waals surface area contributed by atoms with Crippen LogP contribution in [0.5, 0.6) is 11.5 Å². The highest BCUT2D eigenvalue weighted by Crippen LogP contribution is 2.38. The molecule has 7 nitrogen and oxygen atoms in total. The highest BCUT2D eigenvalue weighted by Gasteiger charge is 2.32. The van der Waals surface area contributed by atoms with Gasteiger partial charge in [-0.1, -0.05) is 12.1 Å². The number of fused-ring (bicyclic) bond motifs is 1. The zero-order valence-corrected chi connectivity index (χ0v) is 15.0. The van der Waals surface area contributed by atoms with Crippen LogP contribution < -0.4 is 9.47 Å². The third-order valence-corrected chi connectivity index (χ3v) is 5.12. The fraction of sp³-hybridized carbons (Fsp3) is 0.350. The molecule has 1 atom stereocenters. The van der Waals surface area contributed by atoms with Crippen LogP contribution in [0.4, 0.5) is 5.69 Å². The van der Waals surface area contributed by atoms with Crippen LogP contribution in [0.2, 0.25) is 0 Å². The fourth-order valence-corrected chi connectivity index (χ4v) is 3.73. The number of hydrogen-bond donors (Lipinski definition) is 0. The van der Waals surface area contributed by atoms with Gasteiger partial charge in [0, 0.05) is 23.7 Å². The Morgan fingerprint density at radius 2 is 1.93 bits per heavy atom. The number of hydrogen-bond acceptors (Lipinski definition) is 5. The summed E-state index contributed by atoms with van der Waals surface area (Å²) in [5, 5.41) is 11.2. The predicted molar refractivity (Wildman–Crippen MR) is 98.3 cm³/mol. The van der Waals surface area contributed by atoms with Crippen LogP contribution in [0.15, 0.2) is 36.4 Å². The molecule has 2 heterocycles. The highest BCUT2D eigenvalue weighted by molar-refractivity contribution is 5.95. The monoisotopic (exact) mass is 368 g/mol. The van der Waals surface area contributed by atoms with E-state index in [4.69, 9.17) is 9.47 Å². The van der Waals surface area contributed by atoms with Crippen molar-refractivity contribution in [3.05, 3.63) is 63.2 Å². The molecule has 0 aromatic heterocycles. The maximum absolute atomic E-state index is 13.1. The molecule has 1 unspecified atom stereocenters. The van der Waals surface area contributed by atoms with E-state index in [-0.39, 0.29) is 17.6 Å². The molecule has 4 rings (SSSR count). The van der Waals surface area contributed by atoms with Crippen LogP contribution in [-0.2, 0) is 0 Å². The van der Waals surface area contributed by atoms with Gasteiger partial charge in [-0.05, 0) is 43.5 Å². The fourth-order valence-electron chi connectivity index (χ4n) is 3.73. The molecular formula is C20H20N2O5. The lowest BCUT2D eigenvalue weighted by molar-refractivity contribution is -0.385. The lowest BCUT2D eigenvalue weighted by Gasteiger charge is -2.27. The summed E-state index contributed by atoms with van der Waals surface area (Å²) in [5.74, 6) is 1.23. The summed E-state index contributed by atoms with van der Waals surface area (Å²) in [6.45, 7) is 3.34. The summed E-state index contributed by atoms with van der Waals surface area (Å²) in [6.07, 6.45) is 1.73. The molecule has 140 valence electrons. The van der Waals surface area contributed by atoms with Crippen molar-refractivity contribution < 1.29 is 19.2 Å². The quantitative estimate of drug-likeness (QED) is 0.610. The summed E-state index contributed by atoms with van der Waals surface area (Å²) in [5.41, 5.74) is 1.85. The van der Waals surface area contributed by atoms with E-state index in [1.807, 2.05) is 18.2 Å². The van der Waals surface area contributed by atoms with E-state index < -0.39 is 4.92 Å². The molecule has 2 aliphatic heterocycles. The van der Waals surface area contributed by atoms with Crippen molar-refractivity contribution in [2.75, 3.05) is 19.8 Å². The Morgan fingerprint density at radius 1 is 1.15 bits per heavy atom. The van der Waals surface area contributed by atoms with Crippen molar-refractivity contribution >= 4 is 11.6 Å². The summed E-state index contributed by atoms with van der Waals surface area (Å²) in [4.78, 5) is 25.6. The van der Waals surface area contributed by atoms with E-state index in [0.29, 0.717) is 36.6 Å². The van der Waals surface area contributed by atoms with Crippen LogP contribution in [0, 0.1) is 17.0 Å². The Labute approximate surface area is 156 Å². The number of nitro benzene ring substituents is 1. The summed E-state index contributed by atoms with van der Waals surface area (Å²) in [6, 6.07) is 10.3. The zero-order valence-electron chi connectivity index (χ0n) is 15.0. The van der Waals surface area contributed by atoms with Crippen molar-refractivity contribution in [3.63, 3.8) is 0 Å². The highest BCUT2D eigenvalue weighted by atomic mass is 16.6. The van der Waals surface area contributed by atoms with Crippen molar-refractivity contribution in [2.24, 2.45) is 0 Å². The Balaban J connectivity index is 1.62. The van der Waals surface area contributed by atoms with Gasteiger partial charge in [0.25, 0.3) is 11.6 Å². The molecule has 2 aromatic rings. The largest absolute Gasteiger partial charge is 0.486 e. The molecule has 0 saturated carbocycles. The van der Waals surface area contributed by atoms with Crippen molar-refractivity contribution in [3.8, 4) is 11.5 Å². The zero-order chi connectivity index (χ0) is 19.0. The van der Waals surface area contributed by atoms with Gasteiger partial charge < -0.3 is 14.4 Å². The van der Waals surface area contributed by atoms with Crippen LogP contribution in [0.25, 0.3) is 0 Å². The molecule has 1 saturated heterocycles. The molecule has 0 spiro atoms. The summed E-state index contributed by atoms with van der Waals surface area (Å²) >= 11 is 0. The van der Waals surface area contributed by atoms with Crippen molar-refractivity contribution in [1.29, 1.82) is 0 Å². The number of carbonyl (C=O) groups is 1. The molecular weight excluding hydrogens is 348 g/mol. The molecule has 0 bridgehead atoms. The Kier molecular flexibility index (Phi) is 4.43. The van der Waals surface area contributed by atoms with Gasteiger partial charge in [0.1, 0.15) is 13.2 Å². The number of rotatable bonds is 3. The first kappa shape index (κ1) is 17.3. The van der Waals surface area contributed by atoms with E-state index in [2.05, 4.69) is 0 Å². The van der Waals surface area contributed by atoms with Crippen LogP contribution in [-0.4, -0.2) is 35.5 Å². The minimum absolute atomic E-state index is 0.0315. The molecule has 2 aliphatic rings. The van der Waals surface area contributed by atoms with Gasteiger partial charge in [0.2, 0.25) is 0 Å². The smallest absolute Gasteiger partial charge is 0.273 e. The van der Waals surface area contributed by atoms with E-state index in [1.165, 1.54) is 6.07 Å². The number of carbonyl (C=O) groups excluding carboxylic acids is 1. The Morgan fingerprint density at radius 3 is 2.70 bits per heavy atom. The van der Waals surface area contributed by atoms with E-state index in [9.17, 15) is 14.9 Å². The first-order valence-electron chi connectivity index (χ1n) is 9.00. The Bertz CT molecular complexity index is 911. The second-order valence-electron chi connectivity index (χ2n) is 6.82. The molecule has 2 aromatic carbocycles. The maximum Gasteiger partial charge on any atom is 0.273 e.